The van der Waals surface area contributed by atoms with E-state index in [4.69, 9.17) is 4.74 Å². The molecule has 0 aliphatic rings. The minimum atomic E-state index is -4.20. The number of hydrogen-bond acceptors (Lipinski definition) is 1. The molecule has 0 amide bonds. The molecule has 0 spiro atoms. The molecular weight excluding hydrogens is 217 g/mol. The highest BCUT2D eigenvalue weighted by Crippen LogP contribution is 2.31. The van der Waals surface area contributed by atoms with E-state index in [9.17, 15) is 13.2 Å². The van der Waals surface area contributed by atoms with Crippen LogP contribution in [0.15, 0.2) is 24.3 Å². The van der Waals surface area contributed by atoms with Crippen molar-refractivity contribution in [3.05, 3.63) is 35.4 Å². The smallest absolute Gasteiger partial charge is 0.376 e. The van der Waals surface area contributed by atoms with Crippen LogP contribution in [-0.4, -0.2) is 13.3 Å². The first kappa shape index (κ1) is 13.0. The molecule has 90 valence electrons. The molecule has 1 atom stereocenters. The van der Waals surface area contributed by atoms with Gasteiger partial charge in [0.2, 0.25) is 0 Å². The van der Waals surface area contributed by atoms with Gasteiger partial charge in [-0.15, -0.1) is 0 Å². The van der Waals surface area contributed by atoms with Gasteiger partial charge in [0, 0.05) is 7.11 Å². The first-order chi connectivity index (χ1) is 7.46. The third-order valence-electron chi connectivity index (χ3n) is 2.46. The van der Waals surface area contributed by atoms with Gasteiger partial charge in [-0.05, 0) is 17.5 Å². The van der Waals surface area contributed by atoms with Crippen molar-refractivity contribution in [2.24, 2.45) is 0 Å². The zero-order chi connectivity index (χ0) is 12.2. The summed E-state index contributed by atoms with van der Waals surface area (Å²) in [5.41, 5.74) is 1.67. The fourth-order valence-electron chi connectivity index (χ4n) is 1.52. The van der Waals surface area contributed by atoms with E-state index in [-0.39, 0.29) is 0 Å². The van der Waals surface area contributed by atoms with Crippen LogP contribution >= 0.6 is 0 Å². The van der Waals surface area contributed by atoms with Crippen LogP contribution in [0.2, 0.25) is 0 Å². The predicted molar refractivity (Wildman–Crippen MR) is 56.2 cm³/mol. The Morgan fingerprint density at radius 3 is 2.12 bits per heavy atom. The van der Waals surface area contributed by atoms with Gasteiger partial charge in [-0.3, -0.25) is 0 Å². The van der Waals surface area contributed by atoms with Gasteiger partial charge in [0.15, 0.2) is 0 Å². The Hall–Kier alpha value is -1.03. The second-order valence-corrected chi connectivity index (χ2v) is 3.64. The normalized spacial score (nSPS) is 13.8. The van der Waals surface area contributed by atoms with Crippen LogP contribution in [-0.2, 0) is 11.2 Å². The standard InChI is InChI=1S/C12H15F3O/c1-3-9-4-6-10(7-5-9)11(16-2)8-12(13,14)15/h4-7,11H,3,8H2,1-2H3. The van der Waals surface area contributed by atoms with Gasteiger partial charge >= 0.3 is 6.18 Å². The number of hydrogen-bond donors (Lipinski definition) is 0. The minimum Gasteiger partial charge on any atom is -0.376 e. The number of benzene rings is 1. The van der Waals surface area contributed by atoms with Crippen LogP contribution in [0.25, 0.3) is 0 Å². The third kappa shape index (κ3) is 3.85. The average molecular weight is 232 g/mol. The SMILES string of the molecule is CCc1ccc(C(CC(F)(F)F)OC)cc1. The summed E-state index contributed by atoms with van der Waals surface area (Å²) in [7, 11) is 1.30. The van der Waals surface area contributed by atoms with Gasteiger partial charge in [-0.25, -0.2) is 0 Å². The summed E-state index contributed by atoms with van der Waals surface area (Å²) in [6.45, 7) is 2.00. The van der Waals surface area contributed by atoms with Crippen LogP contribution in [0.5, 0.6) is 0 Å². The van der Waals surface area contributed by atoms with Crippen LogP contribution in [0.4, 0.5) is 13.2 Å². The van der Waals surface area contributed by atoms with Crippen molar-refractivity contribution in [1.82, 2.24) is 0 Å². The van der Waals surface area contributed by atoms with E-state index < -0.39 is 18.7 Å². The van der Waals surface area contributed by atoms with Crippen molar-refractivity contribution >= 4 is 0 Å². The number of halogens is 3. The molecular formula is C12H15F3O. The highest BCUT2D eigenvalue weighted by Gasteiger charge is 2.32. The molecule has 0 heterocycles. The topological polar surface area (TPSA) is 9.23 Å². The molecule has 1 rings (SSSR count). The van der Waals surface area contributed by atoms with Crippen molar-refractivity contribution in [2.45, 2.75) is 32.0 Å². The molecule has 0 fully saturated rings. The Labute approximate surface area is 93.2 Å². The van der Waals surface area contributed by atoms with Crippen LogP contribution in [0.3, 0.4) is 0 Å². The van der Waals surface area contributed by atoms with Crippen molar-refractivity contribution in [1.29, 1.82) is 0 Å². The van der Waals surface area contributed by atoms with Gasteiger partial charge in [0.05, 0.1) is 12.5 Å². The van der Waals surface area contributed by atoms with Gasteiger partial charge in [-0.2, -0.15) is 13.2 Å². The third-order valence-corrected chi connectivity index (χ3v) is 2.46. The molecule has 0 aliphatic carbocycles. The van der Waals surface area contributed by atoms with E-state index in [1.165, 1.54) is 7.11 Å². The fraction of sp³-hybridized carbons (Fsp3) is 0.500. The molecule has 0 radical (unpaired) electrons. The number of rotatable bonds is 4. The summed E-state index contributed by atoms with van der Waals surface area (Å²) in [5.74, 6) is 0. The van der Waals surface area contributed by atoms with E-state index in [0.29, 0.717) is 5.56 Å². The molecule has 0 aliphatic heterocycles. The lowest BCUT2D eigenvalue weighted by Gasteiger charge is -2.17. The summed E-state index contributed by atoms with van der Waals surface area (Å²) in [6, 6.07) is 7.05. The van der Waals surface area contributed by atoms with E-state index >= 15 is 0 Å². The van der Waals surface area contributed by atoms with E-state index in [0.717, 1.165) is 12.0 Å². The highest BCUT2D eigenvalue weighted by molar-refractivity contribution is 5.24. The van der Waals surface area contributed by atoms with Crippen molar-refractivity contribution in [2.75, 3.05) is 7.11 Å². The fourth-order valence-corrected chi connectivity index (χ4v) is 1.52. The molecule has 0 N–H and O–H groups in total. The Balaban J connectivity index is 2.79. The zero-order valence-corrected chi connectivity index (χ0v) is 9.34. The minimum absolute atomic E-state index is 0.567. The van der Waals surface area contributed by atoms with Crippen LogP contribution < -0.4 is 0 Å². The molecule has 1 aromatic carbocycles. The second-order valence-electron chi connectivity index (χ2n) is 3.64. The largest absolute Gasteiger partial charge is 0.391 e. The lowest BCUT2D eigenvalue weighted by molar-refractivity contribution is -0.158. The highest BCUT2D eigenvalue weighted by atomic mass is 19.4. The van der Waals surface area contributed by atoms with Gasteiger partial charge < -0.3 is 4.74 Å². The average Bonchev–Trinajstić information content (AvgIpc) is 2.25. The lowest BCUT2D eigenvalue weighted by Crippen LogP contribution is -2.15. The first-order valence-corrected chi connectivity index (χ1v) is 5.14. The number of ether oxygens (including phenoxy) is 1. The zero-order valence-electron chi connectivity index (χ0n) is 9.34. The Bertz CT molecular complexity index is 316. The molecule has 0 saturated carbocycles. The van der Waals surface area contributed by atoms with E-state index in [1.54, 1.807) is 12.1 Å². The predicted octanol–water partition coefficient (Wildman–Crippen LogP) is 3.89. The lowest BCUT2D eigenvalue weighted by atomic mass is 10.0. The van der Waals surface area contributed by atoms with Crippen molar-refractivity contribution < 1.29 is 17.9 Å². The Morgan fingerprint density at radius 1 is 1.19 bits per heavy atom. The van der Waals surface area contributed by atoms with Crippen molar-refractivity contribution in [3.8, 4) is 0 Å². The monoisotopic (exact) mass is 232 g/mol. The molecule has 1 nitrogen and oxygen atoms in total. The van der Waals surface area contributed by atoms with Gasteiger partial charge in [0.1, 0.15) is 0 Å². The number of aryl methyl sites for hydroxylation is 1. The summed E-state index contributed by atoms with van der Waals surface area (Å²) in [4.78, 5) is 0. The van der Waals surface area contributed by atoms with Gasteiger partial charge in [-0.1, -0.05) is 31.2 Å². The maximum Gasteiger partial charge on any atom is 0.391 e. The number of alkyl halides is 3. The maximum absolute atomic E-state index is 12.2. The maximum atomic E-state index is 12.2. The van der Waals surface area contributed by atoms with Gasteiger partial charge in [0.25, 0.3) is 0 Å². The van der Waals surface area contributed by atoms with E-state index in [2.05, 4.69) is 0 Å². The van der Waals surface area contributed by atoms with Crippen LogP contribution in [0, 0.1) is 0 Å². The molecule has 4 heteroatoms. The molecule has 0 saturated heterocycles. The quantitative estimate of drug-likeness (QED) is 0.765. The summed E-state index contributed by atoms with van der Waals surface area (Å²) in [6.07, 6.45) is -5.19. The second kappa shape index (κ2) is 5.34. The first-order valence-electron chi connectivity index (χ1n) is 5.14. The van der Waals surface area contributed by atoms with Crippen molar-refractivity contribution in [3.63, 3.8) is 0 Å². The Kier molecular flexibility index (Phi) is 4.35. The summed E-state index contributed by atoms with van der Waals surface area (Å²) < 4.78 is 41.6. The molecule has 16 heavy (non-hydrogen) atoms. The van der Waals surface area contributed by atoms with Crippen LogP contribution in [0.1, 0.15) is 30.6 Å². The summed E-state index contributed by atoms with van der Waals surface area (Å²) in [5, 5.41) is 0. The number of methoxy groups -OCH3 is 1. The summed E-state index contributed by atoms with van der Waals surface area (Å²) >= 11 is 0. The molecule has 0 aromatic heterocycles. The molecule has 0 bridgehead atoms. The van der Waals surface area contributed by atoms with E-state index in [1.807, 2.05) is 19.1 Å². The Morgan fingerprint density at radius 2 is 1.75 bits per heavy atom. The molecule has 1 unspecified atom stereocenters. The molecule has 1 aromatic rings.